The Hall–Kier alpha value is -1.26. The van der Waals surface area contributed by atoms with Crippen LogP contribution in [0.2, 0.25) is 0 Å². The highest BCUT2D eigenvalue weighted by Gasteiger charge is 2.14. The molecule has 1 aromatic heterocycles. The van der Waals surface area contributed by atoms with Gasteiger partial charge in [0.25, 0.3) is 0 Å². The van der Waals surface area contributed by atoms with Gasteiger partial charge in [0.05, 0.1) is 4.47 Å². The largest absolute Gasteiger partial charge is 0.324 e. The molecule has 18 heavy (non-hydrogen) atoms. The van der Waals surface area contributed by atoms with Gasteiger partial charge in [-0.05, 0) is 46.1 Å². The summed E-state index contributed by atoms with van der Waals surface area (Å²) in [5.41, 5.74) is 8.94. The molecule has 0 bridgehead atoms. The Morgan fingerprint density at radius 2 is 2.11 bits per heavy atom. The van der Waals surface area contributed by atoms with Crippen LogP contribution in [0.1, 0.15) is 22.9 Å². The van der Waals surface area contributed by atoms with E-state index < -0.39 is 0 Å². The molecule has 2 rings (SSSR count). The van der Waals surface area contributed by atoms with E-state index >= 15 is 0 Å². The van der Waals surface area contributed by atoms with Crippen molar-refractivity contribution in [3.8, 4) is 0 Å². The molecule has 1 atom stereocenters. The molecule has 0 amide bonds. The van der Waals surface area contributed by atoms with Gasteiger partial charge in [-0.2, -0.15) is 0 Å². The van der Waals surface area contributed by atoms with E-state index in [1.165, 1.54) is 6.07 Å². The lowest BCUT2D eigenvalue weighted by atomic mass is 10.0. The maximum Gasteiger partial charge on any atom is 0.137 e. The first kappa shape index (κ1) is 13.2. The first-order chi connectivity index (χ1) is 8.59. The van der Waals surface area contributed by atoms with Crippen molar-refractivity contribution in [2.45, 2.75) is 19.4 Å². The van der Waals surface area contributed by atoms with Crippen molar-refractivity contribution in [1.29, 1.82) is 0 Å². The number of nitrogens with two attached hydrogens (primary N) is 1. The molecule has 2 nitrogen and oxygen atoms in total. The van der Waals surface area contributed by atoms with Crippen LogP contribution in [0.4, 0.5) is 4.39 Å². The quantitative estimate of drug-likeness (QED) is 0.942. The summed E-state index contributed by atoms with van der Waals surface area (Å²) in [5, 5.41) is 0. The van der Waals surface area contributed by atoms with E-state index in [1.807, 2.05) is 25.1 Å². The molecule has 0 fully saturated rings. The maximum atomic E-state index is 13.4. The highest BCUT2D eigenvalue weighted by Crippen LogP contribution is 2.27. The summed E-state index contributed by atoms with van der Waals surface area (Å²) in [6.07, 6.45) is 2.34. The molecule has 0 aliphatic heterocycles. The van der Waals surface area contributed by atoms with Gasteiger partial charge >= 0.3 is 0 Å². The molecule has 1 heterocycles. The zero-order chi connectivity index (χ0) is 13.1. The van der Waals surface area contributed by atoms with Gasteiger partial charge in [0.15, 0.2) is 0 Å². The first-order valence-corrected chi connectivity index (χ1v) is 6.49. The predicted molar refractivity (Wildman–Crippen MR) is 73.7 cm³/mol. The monoisotopic (exact) mass is 308 g/mol. The SMILES string of the molecule is Cc1cccnc1CC(N)c1cccc(F)c1Br. The summed E-state index contributed by atoms with van der Waals surface area (Å²) in [7, 11) is 0. The molecule has 0 spiro atoms. The minimum absolute atomic E-state index is 0.274. The zero-order valence-electron chi connectivity index (χ0n) is 10.0. The second-order valence-electron chi connectivity index (χ2n) is 4.22. The summed E-state index contributed by atoms with van der Waals surface area (Å²) >= 11 is 3.24. The molecular weight excluding hydrogens is 295 g/mol. The average molecular weight is 309 g/mol. The van der Waals surface area contributed by atoms with Crippen LogP contribution in [0, 0.1) is 12.7 Å². The summed E-state index contributed by atoms with van der Waals surface area (Å²) in [4.78, 5) is 4.31. The third kappa shape index (κ3) is 2.76. The smallest absolute Gasteiger partial charge is 0.137 e. The zero-order valence-corrected chi connectivity index (χ0v) is 11.6. The number of benzene rings is 1. The summed E-state index contributed by atoms with van der Waals surface area (Å²) < 4.78 is 13.9. The number of rotatable bonds is 3. The summed E-state index contributed by atoms with van der Waals surface area (Å²) in [6.45, 7) is 2.00. The third-order valence-electron chi connectivity index (χ3n) is 2.91. The molecule has 1 unspecified atom stereocenters. The third-order valence-corrected chi connectivity index (χ3v) is 3.75. The number of pyridine rings is 1. The minimum atomic E-state index is -0.291. The van der Waals surface area contributed by atoms with Crippen molar-refractivity contribution in [2.75, 3.05) is 0 Å². The lowest BCUT2D eigenvalue weighted by Crippen LogP contribution is -2.15. The van der Waals surface area contributed by atoms with E-state index in [0.29, 0.717) is 10.9 Å². The lowest BCUT2D eigenvalue weighted by Gasteiger charge is -2.15. The molecule has 0 radical (unpaired) electrons. The number of aryl methyl sites for hydroxylation is 1. The van der Waals surface area contributed by atoms with Crippen LogP contribution < -0.4 is 5.73 Å². The normalized spacial score (nSPS) is 12.4. The molecule has 94 valence electrons. The number of hydrogen-bond acceptors (Lipinski definition) is 2. The second kappa shape index (κ2) is 5.59. The molecule has 2 N–H and O–H groups in total. The van der Waals surface area contributed by atoms with Crippen molar-refractivity contribution >= 4 is 15.9 Å². The average Bonchev–Trinajstić information content (AvgIpc) is 2.35. The first-order valence-electron chi connectivity index (χ1n) is 5.69. The number of hydrogen-bond donors (Lipinski definition) is 1. The van der Waals surface area contributed by atoms with Crippen LogP contribution >= 0.6 is 15.9 Å². The minimum Gasteiger partial charge on any atom is -0.324 e. The van der Waals surface area contributed by atoms with E-state index in [9.17, 15) is 4.39 Å². The standard InChI is InChI=1S/C14H14BrFN2/c1-9-4-3-7-18-13(9)8-12(17)10-5-2-6-11(16)14(10)15/h2-7,12H,8,17H2,1H3. The van der Waals surface area contributed by atoms with Crippen molar-refractivity contribution < 1.29 is 4.39 Å². The van der Waals surface area contributed by atoms with Gasteiger partial charge < -0.3 is 5.73 Å². The van der Waals surface area contributed by atoms with Gasteiger partial charge in [-0.1, -0.05) is 18.2 Å². The van der Waals surface area contributed by atoms with Crippen LogP contribution in [-0.4, -0.2) is 4.98 Å². The van der Waals surface area contributed by atoms with Gasteiger partial charge in [0.1, 0.15) is 5.82 Å². The Balaban J connectivity index is 2.25. The van der Waals surface area contributed by atoms with Gasteiger partial charge in [0, 0.05) is 24.4 Å². The Bertz CT molecular complexity index is 557. The highest BCUT2D eigenvalue weighted by molar-refractivity contribution is 9.10. The van der Waals surface area contributed by atoms with Crippen molar-refractivity contribution in [3.63, 3.8) is 0 Å². The Morgan fingerprint density at radius 1 is 1.33 bits per heavy atom. The van der Waals surface area contributed by atoms with Crippen LogP contribution in [0.25, 0.3) is 0 Å². The molecule has 0 aliphatic rings. The van der Waals surface area contributed by atoms with Gasteiger partial charge in [-0.15, -0.1) is 0 Å². The maximum absolute atomic E-state index is 13.4. The second-order valence-corrected chi connectivity index (χ2v) is 5.01. The highest BCUT2D eigenvalue weighted by atomic mass is 79.9. The van der Waals surface area contributed by atoms with Crippen LogP contribution in [0.3, 0.4) is 0 Å². The Kier molecular flexibility index (Phi) is 4.09. The van der Waals surface area contributed by atoms with Crippen molar-refractivity contribution in [1.82, 2.24) is 4.98 Å². The van der Waals surface area contributed by atoms with E-state index in [4.69, 9.17) is 5.73 Å². The number of nitrogens with zero attached hydrogens (tertiary/aromatic N) is 1. The molecule has 4 heteroatoms. The van der Waals surface area contributed by atoms with E-state index in [1.54, 1.807) is 12.3 Å². The molecule has 2 aromatic rings. The Morgan fingerprint density at radius 3 is 2.83 bits per heavy atom. The summed E-state index contributed by atoms with van der Waals surface area (Å²) in [6, 6.07) is 8.52. The molecule has 0 aliphatic carbocycles. The van der Waals surface area contributed by atoms with Gasteiger partial charge in [-0.3, -0.25) is 4.98 Å². The van der Waals surface area contributed by atoms with Crippen molar-refractivity contribution in [3.05, 3.63) is 63.6 Å². The van der Waals surface area contributed by atoms with E-state index in [0.717, 1.165) is 16.8 Å². The molecule has 0 saturated carbocycles. The Labute approximate surface area is 114 Å². The van der Waals surface area contributed by atoms with E-state index in [2.05, 4.69) is 20.9 Å². The fourth-order valence-electron chi connectivity index (χ4n) is 1.86. The van der Waals surface area contributed by atoms with E-state index in [-0.39, 0.29) is 11.9 Å². The summed E-state index contributed by atoms with van der Waals surface area (Å²) in [5.74, 6) is -0.291. The predicted octanol–water partition coefficient (Wildman–Crippen LogP) is 3.53. The molecular formula is C14H14BrFN2. The van der Waals surface area contributed by atoms with Gasteiger partial charge in [0.2, 0.25) is 0 Å². The van der Waals surface area contributed by atoms with Gasteiger partial charge in [-0.25, -0.2) is 4.39 Å². The fourth-order valence-corrected chi connectivity index (χ4v) is 2.42. The van der Waals surface area contributed by atoms with Crippen LogP contribution in [0.5, 0.6) is 0 Å². The topological polar surface area (TPSA) is 38.9 Å². The molecule has 1 aromatic carbocycles. The van der Waals surface area contributed by atoms with Crippen LogP contribution in [0.15, 0.2) is 41.0 Å². The number of halogens is 2. The molecule has 0 saturated heterocycles. The lowest BCUT2D eigenvalue weighted by molar-refractivity contribution is 0.609. The fraction of sp³-hybridized carbons (Fsp3) is 0.214. The van der Waals surface area contributed by atoms with Crippen LogP contribution in [-0.2, 0) is 6.42 Å². The van der Waals surface area contributed by atoms with Crippen molar-refractivity contribution in [2.24, 2.45) is 5.73 Å². The number of aromatic nitrogens is 1.